The van der Waals surface area contributed by atoms with Crippen LogP contribution in [0.5, 0.6) is 0 Å². The Kier molecular flexibility index (Phi) is 3.98. The molecule has 0 unspecified atom stereocenters. The number of fused-ring (bicyclic) bond motifs is 1. The molecule has 0 N–H and O–H groups in total. The second-order valence-corrected chi connectivity index (χ2v) is 5.72. The predicted octanol–water partition coefficient (Wildman–Crippen LogP) is 2.79. The van der Waals surface area contributed by atoms with Crippen molar-refractivity contribution in [3.05, 3.63) is 93.2 Å². The first-order valence-corrected chi connectivity index (χ1v) is 7.48. The fourth-order valence-corrected chi connectivity index (χ4v) is 2.70. The Morgan fingerprint density at radius 1 is 0.957 bits per heavy atom. The van der Waals surface area contributed by atoms with Crippen LogP contribution in [-0.2, 0) is 13.1 Å². The van der Waals surface area contributed by atoms with Gasteiger partial charge in [-0.15, -0.1) is 0 Å². The highest BCUT2D eigenvalue weighted by molar-refractivity contribution is 5.77. The molecular weight excluding hydrogens is 288 g/mol. The molecule has 0 radical (unpaired) electrons. The van der Waals surface area contributed by atoms with E-state index in [0.717, 1.165) is 11.1 Å². The smallest absolute Gasteiger partial charge is 0.289 e. The molecule has 0 saturated heterocycles. The van der Waals surface area contributed by atoms with Gasteiger partial charge in [0.05, 0.1) is 17.4 Å². The number of hydrogen-bond acceptors (Lipinski definition) is 2. The van der Waals surface area contributed by atoms with Crippen LogP contribution in [0.3, 0.4) is 0 Å². The van der Waals surface area contributed by atoms with E-state index in [1.54, 1.807) is 16.7 Å². The van der Waals surface area contributed by atoms with Gasteiger partial charge in [0, 0.05) is 6.54 Å². The topological polar surface area (TPSA) is 44.0 Å². The number of nitrogens with zero attached hydrogens (tertiary/aromatic N) is 2. The molecular formula is C19H18N2O2. The minimum Gasteiger partial charge on any atom is -0.289 e. The number of hydrogen-bond donors (Lipinski definition) is 0. The van der Waals surface area contributed by atoms with E-state index in [9.17, 15) is 9.59 Å². The molecule has 1 heterocycles. The Morgan fingerprint density at radius 3 is 2.30 bits per heavy atom. The van der Waals surface area contributed by atoms with E-state index in [4.69, 9.17) is 0 Å². The summed E-state index contributed by atoms with van der Waals surface area (Å²) in [5.41, 5.74) is 1.87. The molecule has 0 aliphatic carbocycles. The second-order valence-electron chi connectivity index (χ2n) is 5.72. The highest BCUT2D eigenvalue weighted by atomic mass is 16.2. The molecule has 2 aromatic carbocycles. The molecule has 0 bridgehead atoms. The zero-order valence-electron chi connectivity index (χ0n) is 13.0. The molecule has 0 fully saturated rings. The van der Waals surface area contributed by atoms with Crippen molar-refractivity contribution < 1.29 is 0 Å². The van der Waals surface area contributed by atoms with Crippen LogP contribution in [0.15, 0.2) is 76.3 Å². The summed E-state index contributed by atoms with van der Waals surface area (Å²) in [6.07, 6.45) is 0. The summed E-state index contributed by atoms with van der Waals surface area (Å²) in [6.45, 7) is 6.42. The summed E-state index contributed by atoms with van der Waals surface area (Å²) < 4.78 is 2.91. The van der Waals surface area contributed by atoms with Gasteiger partial charge in [0.1, 0.15) is 0 Å². The van der Waals surface area contributed by atoms with Gasteiger partial charge >= 0.3 is 5.69 Å². The van der Waals surface area contributed by atoms with Gasteiger partial charge in [-0.05, 0) is 24.6 Å². The van der Waals surface area contributed by atoms with Crippen LogP contribution in [0.25, 0.3) is 10.9 Å². The number of rotatable bonds is 4. The predicted molar refractivity (Wildman–Crippen MR) is 92.8 cm³/mol. The first-order valence-electron chi connectivity index (χ1n) is 7.48. The molecule has 3 rings (SSSR count). The molecule has 3 aromatic rings. The first-order chi connectivity index (χ1) is 11.1. The molecule has 4 heteroatoms. The van der Waals surface area contributed by atoms with Gasteiger partial charge in [-0.2, -0.15) is 0 Å². The Bertz CT molecular complexity index is 982. The van der Waals surface area contributed by atoms with Crippen molar-refractivity contribution in [3.8, 4) is 0 Å². The molecule has 1 aromatic heterocycles. The van der Waals surface area contributed by atoms with Crippen LogP contribution in [0.4, 0.5) is 0 Å². The number of aromatic nitrogens is 2. The van der Waals surface area contributed by atoms with E-state index in [-0.39, 0.29) is 17.8 Å². The molecule has 4 nitrogen and oxygen atoms in total. The lowest BCUT2D eigenvalue weighted by Crippen LogP contribution is -2.40. The van der Waals surface area contributed by atoms with Gasteiger partial charge in [-0.25, -0.2) is 4.79 Å². The summed E-state index contributed by atoms with van der Waals surface area (Å²) in [4.78, 5) is 25.5. The number of para-hydroxylation sites is 1. The van der Waals surface area contributed by atoms with Crippen molar-refractivity contribution in [1.29, 1.82) is 0 Å². The van der Waals surface area contributed by atoms with E-state index in [1.165, 1.54) is 4.57 Å². The molecule has 23 heavy (non-hydrogen) atoms. The van der Waals surface area contributed by atoms with Crippen LogP contribution < -0.4 is 11.2 Å². The standard InChI is InChI=1S/C19H18N2O2/c1-14(2)12-20-17-11-7-6-10-16(17)18(22)21(19(20)23)13-15-8-4-3-5-9-15/h3-11H,1,12-13H2,2H3. The lowest BCUT2D eigenvalue weighted by molar-refractivity contribution is 0.632. The highest BCUT2D eigenvalue weighted by Crippen LogP contribution is 2.09. The Labute approximate surface area is 133 Å². The molecule has 0 aliphatic heterocycles. The van der Waals surface area contributed by atoms with Gasteiger partial charge in [0.15, 0.2) is 0 Å². The van der Waals surface area contributed by atoms with E-state index in [1.807, 2.05) is 49.4 Å². The maximum absolute atomic E-state index is 12.8. The second kappa shape index (κ2) is 6.08. The van der Waals surface area contributed by atoms with Gasteiger partial charge in [0.2, 0.25) is 0 Å². The lowest BCUT2D eigenvalue weighted by Gasteiger charge is -2.14. The summed E-state index contributed by atoms with van der Waals surface area (Å²) in [6, 6.07) is 16.7. The van der Waals surface area contributed by atoms with Crippen LogP contribution in [0.2, 0.25) is 0 Å². The van der Waals surface area contributed by atoms with E-state index in [2.05, 4.69) is 6.58 Å². The zero-order valence-corrected chi connectivity index (χ0v) is 13.0. The van der Waals surface area contributed by atoms with E-state index in [0.29, 0.717) is 17.4 Å². The van der Waals surface area contributed by atoms with Crippen molar-refractivity contribution in [3.63, 3.8) is 0 Å². The van der Waals surface area contributed by atoms with Crippen molar-refractivity contribution in [2.24, 2.45) is 0 Å². The Balaban J connectivity index is 2.27. The van der Waals surface area contributed by atoms with Crippen molar-refractivity contribution in [2.45, 2.75) is 20.0 Å². The summed E-state index contributed by atoms with van der Waals surface area (Å²) in [7, 11) is 0. The number of allylic oxidation sites excluding steroid dienone is 1. The average molecular weight is 306 g/mol. The zero-order chi connectivity index (χ0) is 16.4. The highest BCUT2D eigenvalue weighted by Gasteiger charge is 2.13. The third-order valence-corrected chi connectivity index (χ3v) is 3.74. The summed E-state index contributed by atoms with van der Waals surface area (Å²) in [5.74, 6) is 0. The van der Waals surface area contributed by atoms with Crippen LogP contribution in [0.1, 0.15) is 12.5 Å². The van der Waals surface area contributed by atoms with Gasteiger partial charge in [0.25, 0.3) is 5.56 Å². The monoisotopic (exact) mass is 306 g/mol. The van der Waals surface area contributed by atoms with Crippen LogP contribution >= 0.6 is 0 Å². The first kappa shape index (κ1) is 15.0. The minimum absolute atomic E-state index is 0.257. The molecule has 0 amide bonds. The molecule has 0 spiro atoms. The molecule has 0 aliphatic rings. The van der Waals surface area contributed by atoms with Gasteiger partial charge in [-0.3, -0.25) is 13.9 Å². The Morgan fingerprint density at radius 2 is 1.61 bits per heavy atom. The Hall–Kier alpha value is -2.88. The van der Waals surface area contributed by atoms with E-state index < -0.39 is 0 Å². The van der Waals surface area contributed by atoms with Crippen LogP contribution in [0, 0.1) is 0 Å². The average Bonchev–Trinajstić information content (AvgIpc) is 2.56. The fourth-order valence-electron chi connectivity index (χ4n) is 2.70. The normalized spacial score (nSPS) is 10.8. The van der Waals surface area contributed by atoms with Crippen molar-refractivity contribution in [2.75, 3.05) is 0 Å². The number of benzene rings is 2. The van der Waals surface area contributed by atoms with E-state index >= 15 is 0 Å². The third-order valence-electron chi connectivity index (χ3n) is 3.74. The van der Waals surface area contributed by atoms with Gasteiger partial charge in [-0.1, -0.05) is 54.6 Å². The summed E-state index contributed by atoms with van der Waals surface area (Å²) >= 11 is 0. The van der Waals surface area contributed by atoms with Gasteiger partial charge < -0.3 is 0 Å². The fraction of sp³-hybridized carbons (Fsp3) is 0.158. The molecule has 116 valence electrons. The minimum atomic E-state index is -0.305. The largest absolute Gasteiger partial charge is 0.332 e. The molecule has 0 atom stereocenters. The van der Waals surface area contributed by atoms with Crippen molar-refractivity contribution >= 4 is 10.9 Å². The van der Waals surface area contributed by atoms with Crippen molar-refractivity contribution in [1.82, 2.24) is 9.13 Å². The maximum atomic E-state index is 12.8. The van der Waals surface area contributed by atoms with Crippen LogP contribution in [-0.4, -0.2) is 9.13 Å². The lowest BCUT2D eigenvalue weighted by atomic mass is 10.2. The summed E-state index contributed by atoms with van der Waals surface area (Å²) in [5, 5.41) is 0.546. The molecule has 0 saturated carbocycles. The maximum Gasteiger partial charge on any atom is 0.332 e. The third kappa shape index (κ3) is 2.88. The SMILES string of the molecule is C=C(C)Cn1c(=O)n(Cc2ccccc2)c(=O)c2ccccc21. The quantitative estimate of drug-likeness (QED) is 0.696.